The standard InChI is InChI=1S/C72H86N8O6/c1-9-17-21-41(13-5)37-81-61-33-53-55(35-63(61)83-39-43(15-7)23-19-11-3)71-78-69(53)76-67-51-31-47-45(57-25-27-59(47)85-57)29-49(51)65(74-67)73-66-50-30-46-48(60-28-26-58(46)86-60)32-52(50)68(75-66)77-70-54-34-62(82-38-42(14-6)22-18-10-2)64(36-56(54)72(79-70)80-71)84-40-44(16-8)24-20-12-4/h25-36,41-44,57-60H,9-24,37-40H2,1-8H3,(H2,73,74,75,76,77,78,79,80). The lowest BCUT2D eigenvalue weighted by Gasteiger charge is -2.21. The van der Waals surface area contributed by atoms with Gasteiger partial charge in [0.15, 0.2) is 46.3 Å². The second kappa shape index (κ2) is 25.3. The predicted molar refractivity (Wildman–Crippen MR) is 343 cm³/mol. The molecule has 2 N–H and O–H groups in total. The van der Waals surface area contributed by atoms with Gasteiger partial charge in [0.05, 0.1) is 26.4 Å². The Balaban J connectivity index is 1.08. The molecule has 8 unspecified atom stereocenters. The fourth-order valence-electron chi connectivity index (χ4n) is 13.4. The summed E-state index contributed by atoms with van der Waals surface area (Å²) in [7, 11) is 0. The number of benzene rings is 4. The molecule has 0 aliphatic carbocycles. The van der Waals surface area contributed by atoms with E-state index in [-0.39, 0.29) is 24.4 Å². The van der Waals surface area contributed by atoms with Gasteiger partial charge in [-0.2, -0.15) is 0 Å². The second-order valence-electron chi connectivity index (χ2n) is 25.0. The first-order valence-electron chi connectivity index (χ1n) is 32.9. The summed E-state index contributed by atoms with van der Waals surface area (Å²) in [5, 5.41) is 3.45. The van der Waals surface area contributed by atoms with Crippen LogP contribution >= 0.6 is 0 Å². The third-order valence-electron chi connectivity index (χ3n) is 19.2. The van der Waals surface area contributed by atoms with E-state index in [9.17, 15) is 0 Å². The zero-order chi connectivity index (χ0) is 59.0. The third-order valence-corrected chi connectivity index (χ3v) is 19.2. The Kier molecular flexibility index (Phi) is 17.0. The van der Waals surface area contributed by atoms with Gasteiger partial charge < -0.3 is 38.4 Å². The van der Waals surface area contributed by atoms with Crippen LogP contribution in [0.3, 0.4) is 0 Å². The Morgan fingerprint density at radius 1 is 0.349 bits per heavy atom. The molecule has 7 aromatic rings. The van der Waals surface area contributed by atoms with E-state index in [0.29, 0.717) is 119 Å². The predicted octanol–water partition coefficient (Wildman–Crippen LogP) is 18.6. The maximum Gasteiger partial charge on any atom is 0.164 e. The van der Waals surface area contributed by atoms with Crippen LogP contribution in [0.2, 0.25) is 0 Å². The van der Waals surface area contributed by atoms with Gasteiger partial charge in [0.2, 0.25) is 0 Å². The largest absolute Gasteiger partial charge is 0.489 e. The lowest BCUT2D eigenvalue weighted by Crippen LogP contribution is -2.14. The van der Waals surface area contributed by atoms with Crippen molar-refractivity contribution in [3.63, 3.8) is 0 Å². The first kappa shape index (κ1) is 57.9. The molecule has 9 heterocycles. The van der Waals surface area contributed by atoms with Crippen LogP contribution in [0.15, 0.2) is 72.8 Å². The van der Waals surface area contributed by atoms with E-state index in [0.717, 1.165) is 169 Å². The monoisotopic (exact) mass is 1160 g/mol. The molecule has 6 aliphatic heterocycles. The van der Waals surface area contributed by atoms with Crippen LogP contribution < -0.4 is 18.9 Å². The van der Waals surface area contributed by atoms with Crippen molar-refractivity contribution in [3.05, 3.63) is 95.1 Å². The molecule has 0 saturated carbocycles. The number of nitrogens with zero attached hydrogens (tertiary/aromatic N) is 6. The van der Waals surface area contributed by atoms with Crippen LogP contribution in [-0.2, 0) is 9.47 Å². The molecule has 0 saturated heterocycles. The van der Waals surface area contributed by atoms with Gasteiger partial charge in [-0.1, -0.05) is 157 Å². The Morgan fingerprint density at radius 3 is 0.907 bits per heavy atom. The summed E-state index contributed by atoms with van der Waals surface area (Å²) < 4.78 is 40.7. The molecule has 12 bridgehead atoms. The van der Waals surface area contributed by atoms with Gasteiger partial charge in [-0.05, 0) is 120 Å². The minimum atomic E-state index is -0.138. The van der Waals surface area contributed by atoms with Crippen molar-refractivity contribution in [3.8, 4) is 68.5 Å². The van der Waals surface area contributed by atoms with Gasteiger partial charge in [0.25, 0.3) is 0 Å². The topological polar surface area (TPSA) is 164 Å². The normalized spacial score (nSPS) is 18.8. The summed E-state index contributed by atoms with van der Waals surface area (Å²) in [5.74, 6) is 6.36. The molecule has 8 atom stereocenters. The van der Waals surface area contributed by atoms with Crippen LogP contribution in [-0.4, -0.2) is 66.3 Å². The summed E-state index contributed by atoms with van der Waals surface area (Å²) in [4.78, 5) is 40.6. The van der Waals surface area contributed by atoms with Crippen molar-refractivity contribution in [2.45, 2.75) is 183 Å². The van der Waals surface area contributed by atoms with Crippen LogP contribution in [0.25, 0.3) is 89.7 Å². The molecule has 450 valence electrons. The molecule has 0 spiro atoms. The smallest absolute Gasteiger partial charge is 0.164 e. The minimum Gasteiger partial charge on any atom is -0.489 e. The van der Waals surface area contributed by atoms with Crippen molar-refractivity contribution >= 4 is 44.1 Å². The van der Waals surface area contributed by atoms with E-state index >= 15 is 0 Å². The summed E-state index contributed by atoms with van der Waals surface area (Å²) in [6, 6.07) is 17.2. The molecule has 6 aliphatic rings. The van der Waals surface area contributed by atoms with Gasteiger partial charge in [-0.15, -0.1) is 0 Å². The highest BCUT2D eigenvalue weighted by Crippen LogP contribution is 2.52. The number of nitrogens with one attached hydrogen (secondary N) is 2. The molecule has 0 fully saturated rings. The molecule has 0 amide bonds. The van der Waals surface area contributed by atoms with Gasteiger partial charge in [0.1, 0.15) is 47.0 Å². The first-order chi connectivity index (χ1) is 42.2. The van der Waals surface area contributed by atoms with Gasteiger partial charge in [0, 0.05) is 43.8 Å². The number of rotatable bonds is 28. The van der Waals surface area contributed by atoms with Crippen LogP contribution in [0.1, 0.15) is 205 Å². The fraction of sp³-hybridized carbons (Fsp3) is 0.500. The second-order valence-corrected chi connectivity index (χ2v) is 25.0. The zero-order valence-electron chi connectivity index (χ0n) is 51.8. The molecule has 0 radical (unpaired) electrons. The van der Waals surface area contributed by atoms with Crippen LogP contribution in [0, 0.1) is 23.7 Å². The van der Waals surface area contributed by atoms with Crippen molar-refractivity contribution in [1.29, 1.82) is 0 Å². The Labute approximate surface area is 506 Å². The fourth-order valence-corrected chi connectivity index (χ4v) is 13.4. The number of ether oxygens (including phenoxy) is 6. The van der Waals surface area contributed by atoms with Crippen LogP contribution in [0.5, 0.6) is 23.0 Å². The molecular weight excluding hydrogens is 1070 g/mol. The third kappa shape index (κ3) is 11.2. The average Bonchev–Trinajstić information content (AvgIpc) is 1.76. The molecule has 14 heteroatoms. The number of hydrogen-bond donors (Lipinski definition) is 2. The molecule has 13 rings (SSSR count). The molecule has 14 nitrogen and oxygen atoms in total. The summed E-state index contributed by atoms with van der Waals surface area (Å²) in [5.41, 5.74) is 10.2. The summed E-state index contributed by atoms with van der Waals surface area (Å²) >= 11 is 0. The minimum absolute atomic E-state index is 0.131. The van der Waals surface area contributed by atoms with E-state index < -0.39 is 0 Å². The maximum atomic E-state index is 6.97. The molecular formula is C72H86N8O6. The van der Waals surface area contributed by atoms with E-state index in [1.54, 1.807) is 0 Å². The molecule has 86 heavy (non-hydrogen) atoms. The zero-order valence-corrected chi connectivity index (χ0v) is 51.8. The van der Waals surface area contributed by atoms with Crippen molar-refractivity contribution in [2.24, 2.45) is 23.7 Å². The van der Waals surface area contributed by atoms with Gasteiger partial charge in [-0.25, -0.2) is 29.9 Å². The quantitative estimate of drug-likeness (QED) is 0.0447. The summed E-state index contributed by atoms with van der Waals surface area (Å²) in [6.45, 7) is 20.4. The lowest BCUT2D eigenvalue weighted by atomic mass is 9.92. The highest BCUT2D eigenvalue weighted by Gasteiger charge is 2.38. The Hall–Kier alpha value is -7.16. The highest BCUT2D eigenvalue weighted by molar-refractivity contribution is 6.08. The number of aromatic amines is 2. The number of H-pyrrole nitrogens is 2. The highest BCUT2D eigenvalue weighted by atomic mass is 16.5. The van der Waals surface area contributed by atoms with Gasteiger partial charge >= 0.3 is 0 Å². The number of fused-ring (bicyclic) bond motifs is 30. The molecule has 4 aromatic carbocycles. The Morgan fingerprint density at radius 2 is 0.616 bits per heavy atom. The van der Waals surface area contributed by atoms with E-state index in [4.69, 9.17) is 58.3 Å². The number of aromatic nitrogens is 8. The average molecular weight is 1160 g/mol. The van der Waals surface area contributed by atoms with E-state index in [1.165, 1.54) is 0 Å². The molecule has 3 aromatic heterocycles. The maximum absolute atomic E-state index is 6.97. The van der Waals surface area contributed by atoms with Crippen molar-refractivity contribution in [2.75, 3.05) is 26.4 Å². The van der Waals surface area contributed by atoms with E-state index in [2.05, 4.69) is 138 Å². The first-order valence-corrected chi connectivity index (χ1v) is 32.9. The van der Waals surface area contributed by atoms with E-state index in [1.807, 2.05) is 0 Å². The van der Waals surface area contributed by atoms with Crippen molar-refractivity contribution < 1.29 is 28.4 Å². The number of unbranched alkanes of at least 4 members (excludes halogenated alkanes) is 4. The summed E-state index contributed by atoms with van der Waals surface area (Å²) in [6.07, 6.45) is 25.7. The Bertz CT molecular complexity index is 3900. The van der Waals surface area contributed by atoms with Crippen molar-refractivity contribution in [1.82, 2.24) is 39.9 Å². The lowest BCUT2D eigenvalue weighted by molar-refractivity contribution is 0.0877. The van der Waals surface area contributed by atoms with Crippen LogP contribution in [0.4, 0.5) is 0 Å². The van der Waals surface area contributed by atoms with Gasteiger partial charge in [-0.3, -0.25) is 0 Å². The number of hydrogen-bond acceptors (Lipinski definition) is 12. The SMILES string of the molecule is CCCCC(CC)COc1cc2c(cc1OCC(CC)CCCC)-c1nc-2nc2[nH]c(nc3nc(nc4[nH]c(n1)c1cc5c(cc41)C1C=CC5O1)-c1cc4c(cc1-3)C1C=CC4O1)c1cc(OCC(CC)CCCC)c(OCC(CC)CCCC)cc21.